The molecule has 0 N–H and O–H groups in total. The van der Waals surface area contributed by atoms with Crippen LogP contribution in [0.5, 0.6) is 0 Å². The molecule has 0 nitrogen and oxygen atoms in total. The summed E-state index contributed by atoms with van der Waals surface area (Å²) in [6, 6.07) is 74.2. The molecule has 86 heavy (non-hydrogen) atoms. The Labute approximate surface area is 560 Å². The fraction of sp³-hybridized carbons (Fsp3) is 0.268. The van der Waals surface area contributed by atoms with Crippen molar-refractivity contribution in [3.05, 3.63) is 297 Å². The van der Waals surface area contributed by atoms with Crippen molar-refractivity contribution in [3.63, 3.8) is 0 Å². The first-order valence-electron chi connectivity index (χ1n) is 31.3. The monoisotopic (exact) mass is 1320 g/mol. The van der Waals surface area contributed by atoms with Crippen LogP contribution in [0.2, 0.25) is 0 Å². The number of halogens is 2. The number of hydrogen-bond acceptors (Lipinski definition) is 0. The Hall–Kier alpha value is -5.45. The van der Waals surface area contributed by atoms with Crippen molar-refractivity contribution in [1.29, 1.82) is 0 Å². The van der Waals surface area contributed by atoms with Gasteiger partial charge in [0.15, 0.2) is 0 Å². The summed E-state index contributed by atoms with van der Waals surface area (Å²) in [5, 5.41) is 11.1. The molecule has 2 aliphatic carbocycles. The van der Waals surface area contributed by atoms with Crippen molar-refractivity contribution in [2.24, 2.45) is 0 Å². The second kappa shape index (κ2) is 38.7. The van der Waals surface area contributed by atoms with Gasteiger partial charge < -0.3 is 24.8 Å². The first-order valence-corrected chi connectivity index (χ1v) is 33.8. The molecule has 0 aromatic heterocycles. The molecule has 0 spiro atoms. The van der Waals surface area contributed by atoms with E-state index in [0.29, 0.717) is 0 Å². The summed E-state index contributed by atoms with van der Waals surface area (Å²) in [6.45, 7) is 17.7. The molecule has 0 saturated heterocycles. The van der Waals surface area contributed by atoms with E-state index in [4.69, 9.17) is 0 Å². The van der Waals surface area contributed by atoms with E-state index < -0.39 is 0 Å². The van der Waals surface area contributed by atoms with Crippen LogP contribution in [0.4, 0.5) is 0 Å². The molecule has 2 aliphatic rings. The molecule has 0 bridgehead atoms. The summed E-state index contributed by atoms with van der Waals surface area (Å²) < 4.78 is 2.83. The van der Waals surface area contributed by atoms with E-state index >= 15 is 0 Å². The second-order valence-electron chi connectivity index (χ2n) is 22.0. The zero-order valence-electron chi connectivity index (χ0n) is 52.4. The van der Waals surface area contributed by atoms with E-state index in [2.05, 4.69) is 286 Å². The van der Waals surface area contributed by atoms with Crippen LogP contribution >= 0.6 is 0 Å². The van der Waals surface area contributed by atoms with E-state index in [0.717, 1.165) is 38.5 Å². The Balaban J connectivity index is 0.000000189. The molecule has 10 aromatic carbocycles. The molecular weight excluding hydrogens is 1240 g/mol. The summed E-state index contributed by atoms with van der Waals surface area (Å²) in [5.41, 5.74) is 17.0. The quantitative estimate of drug-likeness (QED) is 0.0846. The van der Waals surface area contributed by atoms with Crippen LogP contribution in [-0.4, -0.2) is 6.41 Å². The standard InChI is InChI=1S/2C17H17.2C13H10.2C11H17.2ClH.2Zr/c2*1-3-12-5-7-16-14(9-12)11-15-10-13(4-2)6-8-17(15)16;2*1-3-7-12(8-4-1)11-13-9-5-2-6-10-13;2*1-3-5-10-7-8-11(9-10)6-4-2;;;;/h2*5-11H,3-4H2,1-2H3;2*1-10H;2*9H,3-7H2,1-2H3;2*1H;;/q2*-1;;;2*-1;;;2*+2/p-2. The molecule has 0 amide bonds. The molecular formula is C82H88Cl2Zr2-2. The zero-order chi connectivity index (χ0) is 59.5. The van der Waals surface area contributed by atoms with Crippen molar-refractivity contribution in [2.45, 2.75) is 145 Å². The van der Waals surface area contributed by atoms with E-state index in [1.54, 1.807) is 11.1 Å². The van der Waals surface area contributed by atoms with Crippen LogP contribution in [0.3, 0.4) is 0 Å². The van der Waals surface area contributed by atoms with Gasteiger partial charge >= 0.3 is 198 Å². The average molecular weight is 1330 g/mol. The van der Waals surface area contributed by atoms with Crippen molar-refractivity contribution < 1.29 is 73.3 Å². The molecule has 0 unspecified atom stereocenters. The number of rotatable bonds is 16. The minimum atomic E-state index is 0. The van der Waals surface area contributed by atoms with Gasteiger partial charge in [-0.3, -0.25) is 12.2 Å². The summed E-state index contributed by atoms with van der Waals surface area (Å²) in [5.74, 6) is 0. The predicted molar refractivity (Wildman–Crippen MR) is 362 cm³/mol. The van der Waals surface area contributed by atoms with Crippen LogP contribution in [0.1, 0.15) is 164 Å². The molecule has 0 aliphatic heterocycles. The Kier molecular flexibility index (Phi) is 32.1. The Morgan fingerprint density at radius 3 is 0.802 bits per heavy atom. The number of allylic oxidation sites excluding steroid dienone is 8. The van der Waals surface area contributed by atoms with E-state index in [9.17, 15) is 0 Å². The molecule has 0 radical (unpaired) electrons. The zero-order valence-corrected chi connectivity index (χ0v) is 58.9. The maximum atomic E-state index is 3.42. The number of benzene rings is 8. The molecule has 4 heteroatoms. The van der Waals surface area contributed by atoms with Gasteiger partial charge in [-0.15, -0.1) is 92.3 Å². The van der Waals surface area contributed by atoms with Crippen LogP contribution in [0.15, 0.2) is 241 Å². The Morgan fingerprint density at radius 2 is 0.581 bits per heavy atom. The molecule has 0 atom stereocenters. The third-order valence-corrected chi connectivity index (χ3v) is 18.4. The van der Waals surface area contributed by atoms with Crippen molar-refractivity contribution in [1.82, 2.24) is 0 Å². The Bertz CT molecular complexity index is 3330. The summed E-state index contributed by atoms with van der Waals surface area (Å²) in [6.07, 6.45) is 28.1. The van der Waals surface area contributed by atoms with Gasteiger partial charge in [0.2, 0.25) is 0 Å². The predicted octanol–water partition coefficient (Wildman–Crippen LogP) is 16.6. The van der Waals surface area contributed by atoms with Crippen molar-refractivity contribution in [3.8, 4) is 0 Å². The third-order valence-electron chi connectivity index (χ3n) is 15.6. The topological polar surface area (TPSA) is 0 Å². The molecule has 12 rings (SSSR count). The van der Waals surface area contributed by atoms with Crippen molar-refractivity contribution in [2.75, 3.05) is 0 Å². The number of aryl methyl sites for hydroxylation is 4. The molecule has 0 heterocycles. The van der Waals surface area contributed by atoms with Crippen LogP contribution in [0.25, 0.3) is 43.1 Å². The SMILES string of the molecule is CCCC1=[C-]CC(CCC)=C1.CCCC1=[C-]CC(CCC)=C1.CCc1ccc2c(c1)[cH-]c1cc(CC)ccc12.CCc1ccc2c(c1)[cH-]c1cc(CC)ccc12.[Cl-].[Cl-].[Zr+2]=[C](c1ccccc1)c1ccccc1.[Zr+2]=[C](c1ccccc1)c1ccccc1. The minimum absolute atomic E-state index is 0. The molecule has 10 aromatic rings. The summed E-state index contributed by atoms with van der Waals surface area (Å²) >= 11 is 2.92. The Morgan fingerprint density at radius 1 is 0.337 bits per heavy atom. The fourth-order valence-corrected chi connectivity index (χ4v) is 12.5. The normalized spacial score (nSPS) is 12.0. The second-order valence-corrected chi connectivity index (χ2v) is 24.4. The first-order chi connectivity index (χ1) is 41.1. The van der Waals surface area contributed by atoms with Gasteiger partial charge in [-0.05, 0) is 38.5 Å². The summed E-state index contributed by atoms with van der Waals surface area (Å²) in [4.78, 5) is 0. The van der Waals surface area contributed by atoms with Crippen LogP contribution < -0.4 is 24.8 Å². The summed E-state index contributed by atoms with van der Waals surface area (Å²) in [7, 11) is 0. The molecule has 440 valence electrons. The van der Waals surface area contributed by atoms with Gasteiger partial charge in [-0.2, -0.15) is 11.1 Å². The van der Waals surface area contributed by atoms with Gasteiger partial charge in [0.1, 0.15) is 0 Å². The van der Waals surface area contributed by atoms with Gasteiger partial charge in [0.25, 0.3) is 0 Å². The maximum absolute atomic E-state index is 3.42. The van der Waals surface area contributed by atoms with Crippen molar-refractivity contribution >= 4 is 49.5 Å². The van der Waals surface area contributed by atoms with Gasteiger partial charge in [-0.25, -0.2) is 23.3 Å². The molecule has 0 saturated carbocycles. The molecule has 0 fully saturated rings. The van der Waals surface area contributed by atoms with Gasteiger partial charge in [0, 0.05) is 0 Å². The fourth-order valence-electron chi connectivity index (χ4n) is 10.8. The third kappa shape index (κ3) is 21.4. The van der Waals surface area contributed by atoms with E-state index in [1.165, 1.54) is 205 Å². The van der Waals surface area contributed by atoms with Gasteiger partial charge in [0.05, 0.1) is 0 Å². The van der Waals surface area contributed by atoms with E-state index in [1.807, 2.05) is 0 Å². The van der Waals surface area contributed by atoms with Crippen LogP contribution in [-0.2, 0) is 74.2 Å². The number of hydrogen-bond donors (Lipinski definition) is 0. The van der Waals surface area contributed by atoms with Crippen LogP contribution in [0, 0.1) is 12.2 Å². The average Bonchev–Trinajstić information content (AvgIpc) is 3.15. The number of fused-ring (bicyclic) bond motifs is 6. The first kappa shape index (κ1) is 71.3. The van der Waals surface area contributed by atoms with Gasteiger partial charge in [-0.1, -0.05) is 165 Å². The van der Waals surface area contributed by atoms with E-state index in [-0.39, 0.29) is 24.8 Å².